The number of nitrogens with one attached hydrogen (secondary N) is 2. The summed E-state index contributed by atoms with van der Waals surface area (Å²) in [5, 5.41) is 3.14. The topological polar surface area (TPSA) is 58.2 Å². The summed E-state index contributed by atoms with van der Waals surface area (Å²) in [6.45, 7) is 5.93. The van der Waals surface area contributed by atoms with Crippen molar-refractivity contribution >= 4 is 10.0 Å². The van der Waals surface area contributed by atoms with Crippen LogP contribution in [0.5, 0.6) is 0 Å². The lowest BCUT2D eigenvalue weighted by atomic mass is 9.88. The second-order valence-corrected chi connectivity index (χ2v) is 6.97. The van der Waals surface area contributed by atoms with Crippen molar-refractivity contribution in [3.63, 3.8) is 0 Å². The van der Waals surface area contributed by atoms with Gasteiger partial charge < -0.3 is 5.32 Å². The zero-order valence-electron chi connectivity index (χ0n) is 11.0. The van der Waals surface area contributed by atoms with Crippen molar-refractivity contribution in [1.82, 2.24) is 10.0 Å². The maximum Gasteiger partial charge on any atom is 0.211 e. The first kappa shape index (κ1) is 14.9. The van der Waals surface area contributed by atoms with E-state index >= 15 is 0 Å². The molecule has 0 unspecified atom stereocenters. The highest BCUT2D eigenvalue weighted by molar-refractivity contribution is 7.89. The van der Waals surface area contributed by atoms with Crippen molar-refractivity contribution in [2.24, 2.45) is 5.92 Å². The van der Waals surface area contributed by atoms with Crippen LogP contribution < -0.4 is 10.0 Å². The van der Waals surface area contributed by atoms with Crippen molar-refractivity contribution in [1.29, 1.82) is 0 Å². The maximum absolute atomic E-state index is 11.8. The lowest BCUT2D eigenvalue weighted by molar-refractivity contribution is 0.332. The predicted molar refractivity (Wildman–Crippen MR) is 71.5 cm³/mol. The molecular weight excluding hydrogens is 236 g/mol. The maximum atomic E-state index is 11.8. The average molecular weight is 262 g/mol. The Morgan fingerprint density at radius 2 is 1.82 bits per heavy atom. The molecule has 0 spiro atoms. The lowest BCUT2D eigenvalue weighted by Gasteiger charge is -2.26. The van der Waals surface area contributed by atoms with Gasteiger partial charge in [-0.15, -0.1) is 0 Å². The molecule has 0 radical (unpaired) electrons. The SMILES string of the molecule is CCNCCCS(=O)(=O)NC1CCC(C)CC1. The predicted octanol–water partition coefficient (Wildman–Crippen LogP) is 1.48. The highest BCUT2D eigenvalue weighted by Crippen LogP contribution is 2.23. The molecule has 1 fully saturated rings. The number of sulfonamides is 1. The molecule has 1 saturated carbocycles. The van der Waals surface area contributed by atoms with E-state index in [1.165, 1.54) is 0 Å². The van der Waals surface area contributed by atoms with Crippen LogP contribution in [-0.2, 0) is 10.0 Å². The van der Waals surface area contributed by atoms with E-state index in [0.29, 0.717) is 6.42 Å². The molecule has 0 saturated heterocycles. The van der Waals surface area contributed by atoms with Crippen molar-refractivity contribution in [3.05, 3.63) is 0 Å². The average Bonchev–Trinajstić information content (AvgIpc) is 2.27. The Bertz CT molecular complexity index is 296. The molecule has 1 aliphatic rings. The van der Waals surface area contributed by atoms with E-state index in [0.717, 1.165) is 44.7 Å². The van der Waals surface area contributed by atoms with E-state index in [4.69, 9.17) is 0 Å². The summed E-state index contributed by atoms with van der Waals surface area (Å²) < 4.78 is 26.4. The van der Waals surface area contributed by atoms with Gasteiger partial charge in [0, 0.05) is 6.04 Å². The minimum Gasteiger partial charge on any atom is -0.317 e. The molecule has 2 N–H and O–H groups in total. The van der Waals surface area contributed by atoms with Gasteiger partial charge in [-0.25, -0.2) is 13.1 Å². The second-order valence-electron chi connectivity index (χ2n) is 5.10. The summed E-state index contributed by atoms with van der Waals surface area (Å²) in [5.74, 6) is 0.996. The van der Waals surface area contributed by atoms with E-state index in [1.54, 1.807) is 0 Å². The quantitative estimate of drug-likeness (QED) is 0.683. The van der Waals surface area contributed by atoms with Crippen LogP contribution in [0.2, 0.25) is 0 Å². The van der Waals surface area contributed by atoms with Gasteiger partial charge in [0.05, 0.1) is 5.75 Å². The summed E-state index contributed by atoms with van der Waals surface area (Å²) in [6, 6.07) is 0.176. The van der Waals surface area contributed by atoms with Gasteiger partial charge in [0.1, 0.15) is 0 Å². The standard InChI is InChI=1S/C12H26N2O2S/c1-3-13-9-4-10-17(15,16)14-12-7-5-11(2)6-8-12/h11-14H,3-10H2,1-2H3. The summed E-state index contributed by atoms with van der Waals surface area (Å²) in [5.41, 5.74) is 0. The molecule has 1 aliphatic carbocycles. The van der Waals surface area contributed by atoms with Crippen molar-refractivity contribution < 1.29 is 8.42 Å². The fourth-order valence-electron chi connectivity index (χ4n) is 2.25. The first-order valence-corrected chi connectivity index (χ1v) is 8.39. The first-order chi connectivity index (χ1) is 8.03. The van der Waals surface area contributed by atoms with Crippen molar-refractivity contribution in [3.8, 4) is 0 Å². The zero-order valence-corrected chi connectivity index (χ0v) is 11.9. The molecule has 0 aromatic rings. The molecule has 0 heterocycles. The molecule has 0 aromatic carbocycles. The zero-order chi connectivity index (χ0) is 12.7. The lowest BCUT2D eigenvalue weighted by Crippen LogP contribution is -2.39. The molecule has 17 heavy (non-hydrogen) atoms. The third-order valence-corrected chi connectivity index (χ3v) is 4.90. The third kappa shape index (κ3) is 6.38. The Balaban J connectivity index is 2.24. The van der Waals surface area contributed by atoms with Gasteiger partial charge in [-0.05, 0) is 51.1 Å². The summed E-state index contributed by atoms with van der Waals surface area (Å²) in [6.07, 6.45) is 4.96. The van der Waals surface area contributed by atoms with E-state index in [2.05, 4.69) is 17.0 Å². The van der Waals surface area contributed by atoms with E-state index in [9.17, 15) is 8.42 Å². The molecular formula is C12H26N2O2S. The van der Waals surface area contributed by atoms with Gasteiger partial charge in [-0.3, -0.25) is 0 Å². The van der Waals surface area contributed by atoms with Gasteiger partial charge in [0.15, 0.2) is 0 Å². The van der Waals surface area contributed by atoms with Crippen LogP contribution in [0.3, 0.4) is 0 Å². The summed E-state index contributed by atoms with van der Waals surface area (Å²) in [7, 11) is -3.07. The Morgan fingerprint density at radius 3 is 2.41 bits per heavy atom. The fourth-order valence-corrected chi connectivity index (χ4v) is 3.64. The van der Waals surface area contributed by atoms with Crippen molar-refractivity contribution in [2.45, 2.75) is 52.0 Å². The minimum atomic E-state index is -3.07. The van der Waals surface area contributed by atoms with Crippen LogP contribution in [0.25, 0.3) is 0 Å². The number of hydrogen-bond donors (Lipinski definition) is 2. The molecule has 0 aromatic heterocycles. The Hall–Kier alpha value is -0.130. The molecule has 4 nitrogen and oxygen atoms in total. The summed E-state index contributed by atoms with van der Waals surface area (Å²) >= 11 is 0. The largest absolute Gasteiger partial charge is 0.317 e. The Morgan fingerprint density at radius 1 is 1.18 bits per heavy atom. The van der Waals surface area contributed by atoms with Crippen LogP contribution in [0.4, 0.5) is 0 Å². The van der Waals surface area contributed by atoms with Crippen LogP contribution in [0, 0.1) is 5.92 Å². The van der Waals surface area contributed by atoms with Crippen LogP contribution in [0.15, 0.2) is 0 Å². The normalized spacial score (nSPS) is 26.0. The fraction of sp³-hybridized carbons (Fsp3) is 1.00. The number of rotatable bonds is 7. The van der Waals surface area contributed by atoms with Crippen LogP contribution >= 0.6 is 0 Å². The van der Waals surface area contributed by atoms with Crippen molar-refractivity contribution in [2.75, 3.05) is 18.8 Å². The monoisotopic (exact) mass is 262 g/mol. The van der Waals surface area contributed by atoms with Crippen LogP contribution in [-0.4, -0.2) is 33.3 Å². The molecule has 0 amide bonds. The van der Waals surface area contributed by atoms with Crippen LogP contribution in [0.1, 0.15) is 46.0 Å². The second kappa shape index (κ2) is 7.34. The van der Waals surface area contributed by atoms with E-state index in [1.807, 2.05) is 6.92 Å². The molecule has 102 valence electrons. The minimum absolute atomic E-state index is 0.176. The van der Waals surface area contributed by atoms with Gasteiger partial charge in [0.25, 0.3) is 0 Å². The van der Waals surface area contributed by atoms with Gasteiger partial charge in [-0.1, -0.05) is 13.8 Å². The molecule has 1 rings (SSSR count). The highest BCUT2D eigenvalue weighted by atomic mass is 32.2. The first-order valence-electron chi connectivity index (χ1n) is 6.74. The van der Waals surface area contributed by atoms with Gasteiger partial charge >= 0.3 is 0 Å². The third-order valence-electron chi connectivity index (χ3n) is 3.38. The molecule has 0 bridgehead atoms. The molecule has 0 atom stereocenters. The van der Waals surface area contributed by atoms with E-state index < -0.39 is 10.0 Å². The smallest absolute Gasteiger partial charge is 0.211 e. The molecule has 5 heteroatoms. The van der Waals surface area contributed by atoms with Gasteiger partial charge in [0.2, 0.25) is 10.0 Å². The van der Waals surface area contributed by atoms with Gasteiger partial charge in [-0.2, -0.15) is 0 Å². The molecule has 0 aliphatic heterocycles. The Kier molecular flexibility index (Phi) is 6.44. The summed E-state index contributed by atoms with van der Waals surface area (Å²) in [4.78, 5) is 0. The number of hydrogen-bond acceptors (Lipinski definition) is 3. The Labute approximate surface area is 106 Å². The highest BCUT2D eigenvalue weighted by Gasteiger charge is 2.22. The van der Waals surface area contributed by atoms with E-state index in [-0.39, 0.29) is 11.8 Å².